The van der Waals surface area contributed by atoms with E-state index in [1.807, 2.05) is 66.7 Å². The summed E-state index contributed by atoms with van der Waals surface area (Å²) in [5.74, 6) is 0.448. The molecule has 3 aromatic rings. The first-order chi connectivity index (χ1) is 17.0. The molecule has 6 nitrogen and oxygen atoms in total. The number of carbonyl (C=O) groups is 2. The molecule has 0 saturated carbocycles. The number of fused-ring (bicyclic) bond motifs is 1. The molecular weight excluding hydrogens is 474 g/mol. The molecule has 0 bridgehead atoms. The minimum atomic E-state index is -0.586. The van der Waals surface area contributed by atoms with Crippen molar-refractivity contribution in [2.75, 3.05) is 18.6 Å². The van der Waals surface area contributed by atoms with Crippen molar-refractivity contribution in [3.8, 4) is 5.75 Å². The number of benzene rings is 3. The van der Waals surface area contributed by atoms with Crippen molar-refractivity contribution >= 4 is 29.9 Å². The van der Waals surface area contributed by atoms with Crippen molar-refractivity contribution < 1.29 is 14.3 Å². The molecule has 3 aromatic carbocycles. The fourth-order valence-electron chi connectivity index (χ4n) is 4.25. The molecule has 190 valence electrons. The Bertz CT molecular complexity index is 1140. The molecule has 0 aromatic heterocycles. The Hall–Kier alpha value is -3.35. The molecule has 2 N–H and O–H groups in total. The minimum Gasteiger partial charge on any atom is -0.493 e. The Morgan fingerprint density at radius 2 is 1.69 bits per heavy atom. The summed E-state index contributed by atoms with van der Waals surface area (Å²) in [6.45, 7) is 2.76. The third kappa shape index (κ3) is 6.86. The van der Waals surface area contributed by atoms with Crippen LogP contribution in [-0.4, -0.2) is 37.6 Å². The van der Waals surface area contributed by atoms with Crippen LogP contribution in [0.2, 0.25) is 0 Å². The molecular formula is C29H34ClN3O3. The van der Waals surface area contributed by atoms with Crippen LogP contribution < -0.4 is 20.3 Å². The number of nitrogens with one attached hydrogen (secondary N) is 2. The fourth-order valence-corrected chi connectivity index (χ4v) is 4.25. The highest BCUT2D eigenvalue weighted by Gasteiger charge is 2.32. The van der Waals surface area contributed by atoms with Crippen molar-refractivity contribution in [3.63, 3.8) is 0 Å². The maximum atomic E-state index is 13.7. The zero-order valence-electron chi connectivity index (χ0n) is 20.8. The summed E-state index contributed by atoms with van der Waals surface area (Å²) >= 11 is 0. The first kappa shape index (κ1) is 27.2. The van der Waals surface area contributed by atoms with Crippen molar-refractivity contribution in [3.05, 3.63) is 95.6 Å². The average molecular weight is 508 g/mol. The molecule has 2 amide bonds. The Morgan fingerprint density at radius 1 is 1.03 bits per heavy atom. The summed E-state index contributed by atoms with van der Waals surface area (Å²) < 4.78 is 6.07. The van der Waals surface area contributed by atoms with Crippen molar-refractivity contribution in [1.29, 1.82) is 0 Å². The Morgan fingerprint density at radius 3 is 2.36 bits per heavy atom. The van der Waals surface area contributed by atoms with Crippen molar-refractivity contribution in [1.82, 2.24) is 10.6 Å². The lowest BCUT2D eigenvalue weighted by molar-refractivity contribution is -0.128. The molecule has 0 fully saturated rings. The summed E-state index contributed by atoms with van der Waals surface area (Å²) in [7, 11) is 1.73. The lowest BCUT2D eigenvalue weighted by Gasteiger charge is -2.27. The van der Waals surface area contributed by atoms with Gasteiger partial charge in [0.15, 0.2) is 0 Å². The molecule has 36 heavy (non-hydrogen) atoms. The first-order valence-electron chi connectivity index (χ1n) is 12.2. The molecule has 7 heteroatoms. The second-order valence-electron chi connectivity index (χ2n) is 8.89. The molecule has 0 saturated heterocycles. The van der Waals surface area contributed by atoms with Gasteiger partial charge in [-0.25, -0.2) is 0 Å². The number of hydrogen-bond acceptors (Lipinski definition) is 4. The Balaban J connectivity index is 0.00000361. The molecule has 1 aliphatic rings. The van der Waals surface area contributed by atoms with E-state index in [1.54, 1.807) is 18.9 Å². The van der Waals surface area contributed by atoms with Gasteiger partial charge in [-0.15, -0.1) is 12.4 Å². The number of likely N-dealkylation sites (N-methyl/N-ethyl adjacent to an activating group) is 1. The van der Waals surface area contributed by atoms with E-state index in [1.165, 1.54) is 5.56 Å². The number of hydrogen-bond donors (Lipinski definition) is 2. The number of aryl methyl sites for hydroxylation is 1. The van der Waals surface area contributed by atoms with E-state index < -0.39 is 6.04 Å². The summed E-state index contributed by atoms with van der Waals surface area (Å²) in [6, 6.07) is 25.2. The van der Waals surface area contributed by atoms with E-state index >= 15 is 0 Å². The van der Waals surface area contributed by atoms with Gasteiger partial charge in [0.2, 0.25) is 11.8 Å². The Kier molecular flexibility index (Phi) is 9.91. The molecule has 0 radical (unpaired) electrons. The van der Waals surface area contributed by atoms with Gasteiger partial charge < -0.3 is 20.3 Å². The molecule has 1 heterocycles. The largest absolute Gasteiger partial charge is 0.493 e. The highest BCUT2D eigenvalue weighted by molar-refractivity contribution is 6.01. The van der Waals surface area contributed by atoms with Crippen LogP contribution >= 0.6 is 12.4 Å². The third-order valence-electron chi connectivity index (χ3n) is 6.44. The highest BCUT2D eigenvalue weighted by Crippen LogP contribution is 2.32. The van der Waals surface area contributed by atoms with Gasteiger partial charge in [-0.05, 0) is 49.6 Å². The number of amides is 2. The summed E-state index contributed by atoms with van der Waals surface area (Å²) in [5.41, 5.74) is 4.16. The summed E-state index contributed by atoms with van der Waals surface area (Å²) in [4.78, 5) is 28.1. The molecule has 0 aliphatic carbocycles. The Labute approximate surface area is 219 Å². The number of carbonyl (C=O) groups excluding carboxylic acids is 2. The molecule has 1 aliphatic heterocycles. The number of anilines is 1. The van der Waals surface area contributed by atoms with E-state index in [0.29, 0.717) is 26.0 Å². The fraction of sp³-hybridized carbons (Fsp3) is 0.310. The average Bonchev–Trinajstić information content (AvgIpc) is 3.01. The maximum absolute atomic E-state index is 13.7. The van der Waals surface area contributed by atoms with Gasteiger partial charge in [0.05, 0.1) is 24.9 Å². The molecule has 4 rings (SSSR count). The van der Waals surface area contributed by atoms with Gasteiger partial charge in [0, 0.05) is 12.5 Å². The van der Waals surface area contributed by atoms with Crippen LogP contribution in [0.15, 0.2) is 78.9 Å². The van der Waals surface area contributed by atoms with Crippen molar-refractivity contribution in [2.45, 2.75) is 44.8 Å². The summed E-state index contributed by atoms with van der Waals surface area (Å²) in [6.07, 6.45) is 2.05. The van der Waals surface area contributed by atoms with Gasteiger partial charge in [-0.1, -0.05) is 66.7 Å². The monoisotopic (exact) mass is 507 g/mol. The third-order valence-corrected chi connectivity index (χ3v) is 6.44. The van der Waals surface area contributed by atoms with Crippen LogP contribution in [0, 0.1) is 0 Å². The second kappa shape index (κ2) is 13.1. The van der Waals surface area contributed by atoms with Crippen LogP contribution in [-0.2, 0) is 29.0 Å². The standard InChI is InChI=1S/C29H33N3O3.ClH/c1-21(30-2)28(33)31-26-16-14-24-13-15-25(35-18-17-22-9-5-3-6-10-22)19-27(24)32(29(26)34)20-23-11-7-4-8-12-23;/h3-13,15,19,21,26,30H,14,16-18,20H2,1-2H3,(H,31,33);1H. The number of ether oxygens (including phenoxy) is 1. The van der Waals surface area contributed by atoms with Gasteiger partial charge in [-0.3, -0.25) is 9.59 Å². The van der Waals surface area contributed by atoms with E-state index in [-0.39, 0.29) is 30.3 Å². The molecule has 0 spiro atoms. The number of rotatable bonds is 9. The van der Waals surface area contributed by atoms with E-state index in [4.69, 9.17) is 4.74 Å². The zero-order chi connectivity index (χ0) is 24.6. The topological polar surface area (TPSA) is 70.7 Å². The summed E-state index contributed by atoms with van der Waals surface area (Å²) in [5, 5.41) is 5.89. The van der Waals surface area contributed by atoms with Gasteiger partial charge in [0.25, 0.3) is 0 Å². The zero-order valence-corrected chi connectivity index (χ0v) is 21.6. The highest BCUT2D eigenvalue weighted by atomic mass is 35.5. The van der Waals surface area contributed by atoms with Crippen LogP contribution in [0.1, 0.15) is 30.0 Å². The lowest BCUT2D eigenvalue weighted by atomic mass is 10.1. The van der Waals surface area contributed by atoms with Crippen LogP contribution in [0.25, 0.3) is 0 Å². The van der Waals surface area contributed by atoms with Gasteiger partial charge >= 0.3 is 0 Å². The predicted octanol–water partition coefficient (Wildman–Crippen LogP) is 4.30. The van der Waals surface area contributed by atoms with E-state index in [2.05, 4.69) is 22.8 Å². The van der Waals surface area contributed by atoms with Crippen LogP contribution in [0.3, 0.4) is 0 Å². The van der Waals surface area contributed by atoms with Crippen molar-refractivity contribution in [2.24, 2.45) is 0 Å². The van der Waals surface area contributed by atoms with Crippen LogP contribution in [0.5, 0.6) is 5.75 Å². The lowest BCUT2D eigenvalue weighted by Crippen LogP contribution is -2.52. The quantitative estimate of drug-likeness (QED) is 0.453. The SMILES string of the molecule is CNC(C)C(=O)NC1CCc2ccc(OCCc3ccccc3)cc2N(Cc2ccccc2)C1=O.Cl. The number of halogens is 1. The smallest absolute Gasteiger partial charge is 0.249 e. The molecule has 2 unspecified atom stereocenters. The van der Waals surface area contributed by atoms with Gasteiger partial charge in [0.1, 0.15) is 11.8 Å². The van der Waals surface area contributed by atoms with Crippen LogP contribution in [0.4, 0.5) is 5.69 Å². The minimum absolute atomic E-state index is 0. The maximum Gasteiger partial charge on any atom is 0.249 e. The first-order valence-corrected chi connectivity index (χ1v) is 12.2. The normalized spacial score (nSPS) is 15.8. The van der Waals surface area contributed by atoms with E-state index in [9.17, 15) is 9.59 Å². The van der Waals surface area contributed by atoms with E-state index in [0.717, 1.165) is 29.0 Å². The predicted molar refractivity (Wildman–Crippen MR) is 146 cm³/mol. The molecule has 2 atom stereocenters. The number of nitrogens with zero attached hydrogens (tertiary/aromatic N) is 1. The second-order valence-corrected chi connectivity index (χ2v) is 8.89. The van der Waals surface area contributed by atoms with Gasteiger partial charge in [-0.2, -0.15) is 0 Å².